The molecule has 0 heterocycles. The van der Waals surface area contributed by atoms with E-state index in [2.05, 4.69) is 5.32 Å². The number of aliphatic hydroxyl groups is 1. The average Bonchev–Trinajstić information content (AvgIpc) is 2.92. The van der Waals surface area contributed by atoms with Gasteiger partial charge in [-0.1, -0.05) is 18.0 Å². The molecular weight excluding hydrogens is 278 g/mol. The molecule has 4 nitrogen and oxygen atoms in total. The predicted octanol–water partition coefficient (Wildman–Crippen LogP) is 2.49. The van der Waals surface area contributed by atoms with E-state index in [9.17, 15) is 9.90 Å². The summed E-state index contributed by atoms with van der Waals surface area (Å²) in [5.41, 5.74) is 0.443. The molecule has 2 N–H and O–H groups in total. The standard InChI is InChI=1S/C15H20ClNO3/c1-20-14-6-5-12(16)7-13(14)15(19)17-8-10-3-2-4-11(10)9-18/h5-7,10-11,18H,2-4,8-9H2,1H3,(H,17,19). The number of halogens is 1. The van der Waals surface area contributed by atoms with Gasteiger partial charge in [-0.05, 0) is 42.9 Å². The van der Waals surface area contributed by atoms with E-state index in [-0.39, 0.29) is 12.5 Å². The smallest absolute Gasteiger partial charge is 0.255 e. The molecule has 1 aromatic rings. The fourth-order valence-corrected chi connectivity index (χ4v) is 2.97. The fraction of sp³-hybridized carbons (Fsp3) is 0.533. The topological polar surface area (TPSA) is 58.6 Å². The number of rotatable bonds is 5. The zero-order chi connectivity index (χ0) is 14.5. The van der Waals surface area contributed by atoms with Gasteiger partial charge in [-0.2, -0.15) is 0 Å². The van der Waals surface area contributed by atoms with Crippen molar-refractivity contribution in [2.24, 2.45) is 11.8 Å². The van der Waals surface area contributed by atoms with Gasteiger partial charge in [0.15, 0.2) is 0 Å². The number of carbonyl (C=O) groups is 1. The van der Waals surface area contributed by atoms with Gasteiger partial charge < -0.3 is 15.2 Å². The average molecular weight is 298 g/mol. The molecule has 0 radical (unpaired) electrons. The molecule has 110 valence electrons. The molecular formula is C15H20ClNO3. The van der Waals surface area contributed by atoms with Gasteiger partial charge in [0.1, 0.15) is 5.75 Å². The number of hydrogen-bond acceptors (Lipinski definition) is 3. The minimum absolute atomic E-state index is 0.187. The monoisotopic (exact) mass is 297 g/mol. The highest BCUT2D eigenvalue weighted by Gasteiger charge is 2.27. The summed E-state index contributed by atoms with van der Waals surface area (Å²) in [5.74, 6) is 0.982. The van der Waals surface area contributed by atoms with Crippen molar-refractivity contribution in [2.45, 2.75) is 19.3 Å². The van der Waals surface area contributed by atoms with E-state index in [1.807, 2.05) is 0 Å². The van der Waals surface area contributed by atoms with Gasteiger partial charge in [0, 0.05) is 18.2 Å². The van der Waals surface area contributed by atoms with E-state index < -0.39 is 0 Å². The van der Waals surface area contributed by atoms with Crippen molar-refractivity contribution < 1.29 is 14.6 Å². The van der Waals surface area contributed by atoms with Crippen LogP contribution in [0.25, 0.3) is 0 Å². The van der Waals surface area contributed by atoms with E-state index >= 15 is 0 Å². The van der Waals surface area contributed by atoms with E-state index in [4.69, 9.17) is 16.3 Å². The van der Waals surface area contributed by atoms with Crippen molar-refractivity contribution in [3.63, 3.8) is 0 Å². The van der Waals surface area contributed by atoms with Gasteiger partial charge in [-0.3, -0.25) is 4.79 Å². The lowest BCUT2D eigenvalue weighted by Crippen LogP contribution is -2.31. The number of nitrogens with one attached hydrogen (secondary N) is 1. The third-order valence-corrected chi connectivity index (χ3v) is 4.22. The summed E-state index contributed by atoms with van der Waals surface area (Å²) in [7, 11) is 1.53. The van der Waals surface area contributed by atoms with Crippen LogP contribution in [0.1, 0.15) is 29.6 Å². The number of ether oxygens (including phenoxy) is 1. The highest BCUT2D eigenvalue weighted by Crippen LogP contribution is 2.31. The second-order valence-corrected chi connectivity index (χ2v) is 5.62. The number of benzene rings is 1. The van der Waals surface area contributed by atoms with Crippen molar-refractivity contribution >= 4 is 17.5 Å². The van der Waals surface area contributed by atoms with Crippen LogP contribution in [0.15, 0.2) is 18.2 Å². The molecule has 1 aliphatic carbocycles. The highest BCUT2D eigenvalue weighted by atomic mass is 35.5. The molecule has 0 saturated heterocycles. The molecule has 2 rings (SSSR count). The Hall–Kier alpha value is -1.26. The van der Waals surface area contributed by atoms with E-state index in [1.165, 1.54) is 7.11 Å². The Balaban J connectivity index is 2.00. The number of hydrogen-bond donors (Lipinski definition) is 2. The highest BCUT2D eigenvalue weighted by molar-refractivity contribution is 6.31. The Morgan fingerprint density at radius 1 is 1.45 bits per heavy atom. The first-order valence-corrected chi connectivity index (χ1v) is 7.26. The van der Waals surface area contributed by atoms with Gasteiger partial charge in [-0.25, -0.2) is 0 Å². The van der Waals surface area contributed by atoms with E-state index in [0.29, 0.717) is 34.7 Å². The lowest BCUT2D eigenvalue weighted by molar-refractivity contribution is 0.0934. The number of amides is 1. The summed E-state index contributed by atoms with van der Waals surface area (Å²) in [4.78, 5) is 12.2. The van der Waals surface area contributed by atoms with Crippen LogP contribution in [0, 0.1) is 11.8 Å². The lowest BCUT2D eigenvalue weighted by Gasteiger charge is -2.18. The zero-order valence-electron chi connectivity index (χ0n) is 11.6. The van der Waals surface area contributed by atoms with Gasteiger partial charge >= 0.3 is 0 Å². The summed E-state index contributed by atoms with van der Waals surface area (Å²) >= 11 is 5.92. The van der Waals surface area contributed by atoms with Crippen molar-refractivity contribution in [3.8, 4) is 5.75 Å². The third-order valence-electron chi connectivity index (χ3n) is 3.98. The molecule has 5 heteroatoms. The van der Waals surface area contributed by atoms with Crippen LogP contribution in [0.5, 0.6) is 5.75 Å². The molecule has 2 atom stereocenters. The van der Waals surface area contributed by atoms with Gasteiger partial charge in [0.05, 0.1) is 12.7 Å². The molecule has 0 bridgehead atoms. The molecule has 2 unspecified atom stereocenters. The Morgan fingerprint density at radius 3 is 2.90 bits per heavy atom. The maximum Gasteiger partial charge on any atom is 0.255 e. The summed E-state index contributed by atoms with van der Waals surface area (Å²) in [6, 6.07) is 4.98. The van der Waals surface area contributed by atoms with Crippen LogP contribution in [0.2, 0.25) is 5.02 Å². The van der Waals surface area contributed by atoms with Crippen LogP contribution in [0.3, 0.4) is 0 Å². The maximum atomic E-state index is 12.2. The molecule has 1 saturated carbocycles. The van der Waals surface area contributed by atoms with Crippen molar-refractivity contribution in [1.29, 1.82) is 0 Å². The fourth-order valence-electron chi connectivity index (χ4n) is 2.80. The van der Waals surface area contributed by atoms with Gasteiger partial charge in [0.25, 0.3) is 5.91 Å². The van der Waals surface area contributed by atoms with E-state index in [1.54, 1.807) is 18.2 Å². The second-order valence-electron chi connectivity index (χ2n) is 5.19. The van der Waals surface area contributed by atoms with Gasteiger partial charge in [0.2, 0.25) is 0 Å². The summed E-state index contributed by atoms with van der Waals surface area (Å²) in [5, 5.41) is 12.7. The Kier molecular flexibility index (Phi) is 5.26. The SMILES string of the molecule is COc1ccc(Cl)cc1C(=O)NCC1CCCC1CO. The maximum absolute atomic E-state index is 12.2. The van der Waals surface area contributed by atoms with Crippen LogP contribution in [-0.4, -0.2) is 31.3 Å². The molecule has 0 aromatic heterocycles. The number of carbonyl (C=O) groups excluding carboxylic acids is 1. The first-order chi connectivity index (χ1) is 9.65. The first kappa shape index (κ1) is 15.1. The van der Waals surface area contributed by atoms with Gasteiger partial charge in [-0.15, -0.1) is 0 Å². The second kappa shape index (κ2) is 6.95. The third kappa shape index (κ3) is 3.44. The van der Waals surface area contributed by atoms with Crippen LogP contribution >= 0.6 is 11.6 Å². The molecule has 20 heavy (non-hydrogen) atoms. The zero-order valence-corrected chi connectivity index (χ0v) is 12.3. The van der Waals surface area contributed by atoms with Crippen molar-refractivity contribution in [1.82, 2.24) is 5.32 Å². The summed E-state index contributed by atoms with van der Waals surface area (Å²) < 4.78 is 5.18. The normalized spacial score (nSPS) is 21.8. The minimum atomic E-state index is -0.187. The molecule has 0 spiro atoms. The molecule has 1 aliphatic rings. The number of aliphatic hydroxyl groups excluding tert-OH is 1. The molecule has 1 amide bonds. The van der Waals surface area contributed by atoms with Crippen molar-refractivity contribution in [3.05, 3.63) is 28.8 Å². The molecule has 1 fully saturated rings. The number of methoxy groups -OCH3 is 1. The molecule has 0 aliphatic heterocycles. The Bertz CT molecular complexity index is 478. The first-order valence-electron chi connectivity index (χ1n) is 6.88. The van der Waals surface area contributed by atoms with E-state index in [0.717, 1.165) is 19.3 Å². The quantitative estimate of drug-likeness (QED) is 0.878. The van der Waals surface area contributed by atoms with Crippen LogP contribution in [0.4, 0.5) is 0 Å². The lowest BCUT2D eigenvalue weighted by atomic mass is 9.97. The Labute approximate surface area is 124 Å². The largest absolute Gasteiger partial charge is 0.496 e. The van der Waals surface area contributed by atoms with Crippen LogP contribution in [-0.2, 0) is 0 Å². The summed E-state index contributed by atoms with van der Waals surface area (Å²) in [6.45, 7) is 0.779. The predicted molar refractivity (Wildman–Crippen MR) is 78.3 cm³/mol. The Morgan fingerprint density at radius 2 is 2.20 bits per heavy atom. The summed E-state index contributed by atoms with van der Waals surface area (Å²) in [6.07, 6.45) is 3.21. The molecule has 1 aromatic carbocycles. The van der Waals surface area contributed by atoms with Crippen LogP contribution < -0.4 is 10.1 Å². The minimum Gasteiger partial charge on any atom is -0.496 e. The van der Waals surface area contributed by atoms with Crippen molar-refractivity contribution in [2.75, 3.05) is 20.3 Å².